The number of amides is 1. The second-order valence-electron chi connectivity index (χ2n) is 6.13. The van der Waals surface area contributed by atoms with Crippen molar-refractivity contribution in [3.05, 3.63) is 75.7 Å². The van der Waals surface area contributed by atoms with Crippen molar-refractivity contribution in [2.45, 2.75) is 12.3 Å². The van der Waals surface area contributed by atoms with Crippen LogP contribution in [-0.2, 0) is 4.79 Å². The van der Waals surface area contributed by atoms with Gasteiger partial charge in [-0.05, 0) is 35.4 Å². The Labute approximate surface area is 152 Å². The van der Waals surface area contributed by atoms with Gasteiger partial charge in [0.05, 0.1) is 11.3 Å². The molecule has 26 heavy (non-hydrogen) atoms. The fraction of sp³-hybridized carbons (Fsp3) is 0.100. The van der Waals surface area contributed by atoms with Gasteiger partial charge < -0.3 is 10.4 Å². The molecule has 4 rings (SSSR count). The number of benzene rings is 2. The lowest BCUT2D eigenvalue weighted by atomic mass is 9.88. The van der Waals surface area contributed by atoms with E-state index in [1.54, 1.807) is 30.3 Å². The maximum absolute atomic E-state index is 13.6. The van der Waals surface area contributed by atoms with Crippen molar-refractivity contribution in [3.8, 4) is 11.1 Å². The highest BCUT2D eigenvalue weighted by Gasteiger charge is 2.30. The van der Waals surface area contributed by atoms with Crippen LogP contribution in [0.3, 0.4) is 0 Å². The Morgan fingerprint density at radius 3 is 2.65 bits per heavy atom. The number of carboxylic acid groups (broad SMARTS) is 1. The highest BCUT2D eigenvalue weighted by molar-refractivity contribution is 7.11. The fourth-order valence-electron chi connectivity index (χ4n) is 3.22. The lowest BCUT2D eigenvalue weighted by Gasteiger charge is -2.24. The molecule has 0 saturated heterocycles. The first-order valence-electron chi connectivity index (χ1n) is 8.03. The molecule has 0 fully saturated rings. The van der Waals surface area contributed by atoms with Crippen LogP contribution in [0.2, 0.25) is 0 Å². The van der Waals surface area contributed by atoms with E-state index in [0.717, 1.165) is 16.0 Å². The van der Waals surface area contributed by atoms with Crippen molar-refractivity contribution < 1.29 is 19.1 Å². The summed E-state index contributed by atoms with van der Waals surface area (Å²) in [6.07, 6.45) is 0.294. The van der Waals surface area contributed by atoms with E-state index in [1.807, 2.05) is 11.4 Å². The lowest BCUT2D eigenvalue weighted by Crippen LogP contribution is -2.22. The number of fused-ring (bicyclic) bond motifs is 1. The van der Waals surface area contributed by atoms with Crippen LogP contribution < -0.4 is 5.32 Å². The molecule has 3 aromatic rings. The number of hydrogen-bond donors (Lipinski definition) is 2. The van der Waals surface area contributed by atoms with Crippen molar-refractivity contribution in [2.24, 2.45) is 0 Å². The third kappa shape index (κ3) is 2.88. The van der Waals surface area contributed by atoms with Crippen molar-refractivity contribution in [3.63, 3.8) is 0 Å². The fourth-order valence-corrected chi connectivity index (χ4v) is 4.38. The second-order valence-corrected chi connectivity index (χ2v) is 7.04. The van der Waals surface area contributed by atoms with Crippen molar-refractivity contribution in [2.75, 3.05) is 5.32 Å². The Hall–Kier alpha value is -2.99. The molecule has 6 heteroatoms. The molecular formula is C20H14FNO3S. The predicted octanol–water partition coefficient (Wildman–Crippen LogP) is 4.73. The van der Waals surface area contributed by atoms with Crippen LogP contribution in [0.5, 0.6) is 0 Å². The molecule has 130 valence electrons. The SMILES string of the molecule is O=C1C[C@@H](c2ccc(C(=O)O)cc2)c2scc(-c3cccc(F)c3)c2N1. The highest BCUT2D eigenvalue weighted by atomic mass is 32.1. The van der Waals surface area contributed by atoms with Crippen LogP contribution in [-0.4, -0.2) is 17.0 Å². The van der Waals surface area contributed by atoms with E-state index in [4.69, 9.17) is 5.11 Å². The standard InChI is InChI=1S/C20H14FNO3S/c21-14-3-1-2-13(8-14)16-10-26-19-15(9-17(23)22-18(16)19)11-4-6-12(7-5-11)20(24)25/h1-8,10,15H,9H2,(H,22,23)(H,24,25)/t15-/m0/s1. The molecule has 0 bridgehead atoms. The third-order valence-electron chi connectivity index (χ3n) is 4.49. The Kier molecular flexibility index (Phi) is 4.05. The molecule has 0 radical (unpaired) electrons. The van der Waals surface area contributed by atoms with Gasteiger partial charge in [-0.2, -0.15) is 0 Å². The molecular weight excluding hydrogens is 353 g/mol. The number of aromatic carboxylic acids is 1. The highest BCUT2D eigenvalue weighted by Crippen LogP contribution is 2.46. The average Bonchev–Trinajstić information content (AvgIpc) is 3.05. The topological polar surface area (TPSA) is 66.4 Å². The van der Waals surface area contributed by atoms with E-state index >= 15 is 0 Å². The smallest absolute Gasteiger partial charge is 0.335 e. The monoisotopic (exact) mass is 367 g/mol. The van der Waals surface area contributed by atoms with E-state index in [-0.39, 0.29) is 23.2 Å². The molecule has 1 atom stereocenters. The van der Waals surface area contributed by atoms with E-state index in [9.17, 15) is 14.0 Å². The first-order chi connectivity index (χ1) is 12.5. The number of anilines is 1. The summed E-state index contributed by atoms with van der Waals surface area (Å²) in [4.78, 5) is 24.3. The zero-order valence-electron chi connectivity index (χ0n) is 13.5. The van der Waals surface area contributed by atoms with Gasteiger partial charge in [0.2, 0.25) is 5.91 Å². The van der Waals surface area contributed by atoms with Crippen LogP contribution >= 0.6 is 11.3 Å². The molecule has 4 nitrogen and oxygen atoms in total. The summed E-state index contributed by atoms with van der Waals surface area (Å²) in [6.45, 7) is 0. The maximum Gasteiger partial charge on any atom is 0.335 e. The number of halogens is 1. The minimum Gasteiger partial charge on any atom is -0.478 e. The number of thiophene rings is 1. The van der Waals surface area contributed by atoms with E-state index in [2.05, 4.69) is 5.32 Å². The quantitative estimate of drug-likeness (QED) is 0.703. The zero-order valence-corrected chi connectivity index (χ0v) is 14.3. The Morgan fingerprint density at radius 1 is 1.19 bits per heavy atom. The Morgan fingerprint density at radius 2 is 1.96 bits per heavy atom. The summed E-state index contributed by atoms with van der Waals surface area (Å²) in [5, 5.41) is 13.9. The van der Waals surface area contributed by atoms with Crippen LogP contribution in [0, 0.1) is 5.82 Å². The van der Waals surface area contributed by atoms with Gasteiger partial charge >= 0.3 is 5.97 Å². The summed E-state index contributed by atoms with van der Waals surface area (Å²) < 4.78 is 13.6. The van der Waals surface area contributed by atoms with Gasteiger partial charge in [0.25, 0.3) is 0 Å². The second kappa shape index (κ2) is 6.38. The minimum atomic E-state index is -0.983. The van der Waals surface area contributed by atoms with Crippen LogP contribution in [0.15, 0.2) is 53.9 Å². The van der Waals surface area contributed by atoms with Gasteiger partial charge in [0, 0.05) is 28.2 Å². The zero-order chi connectivity index (χ0) is 18.3. The molecule has 1 aromatic heterocycles. The summed E-state index contributed by atoms with van der Waals surface area (Å²) in [7, 11) is 0. The third-order valence-corrected chi connectivity index (χ3v) is 5.58. The van der Waals surface area contributed by atoms with Gasteiger partial charge in [-0.3, -0.25) is 4.79 Å². The first-order valence-corrected chi connectivity index (χ1v) is 8.91. The Balaban J connectivity index is 1.77. The molecule has 2 aromatic carbocycles. The molecule has 0 aliphatic carbocycles. The van der Waals surface area contributed by atoms with Gasteiger partial charge in [0.15, 0.2) is 0 Å². The molecule has 0 saturated carbocycles. The van der Waals surface area contributed by atoms with Crippen LogP contribution in [0.25, 0.3) is 11.1 Å². The van der Waals surface area contributed by atoms with E-state index in [1.165, 1.54) is 23.5 Å². The molecule has 0 spiro atoms. The molecule has 2 heterocycles. The average molecular weight is 367 g/mol. The lowest BCUT2D eigenvalue weighted by molar-refractivity contribution is -0.116. The van der Waals surface area contributed by atoms with Gasteiger partial charge in [-0.15, -0.1) is 11.3 Å². The molecule has 0 unspecified atom stereocenters. The van der Waals surface area contributed by atoms with Crippen LogP contribution in [0.4, 0.5) is 10.1 Å². The number of rotatable bonds is 3. The Bertz CT molecular complexity index is 1010. The molecule has 2 N–H and O–H groups in total. The first kappa shape index (κ1) is 16.5. The predicted molar refractivity (Wildman–Crippen MR) is 98.2 cm³/mol. The summed E-state index contributed by atoms with van der Waals surface area (Å²) in [5.41, 5.74) is 3.32. The van der Waals surface area contributed by atoms with Gasteiger partial charge in [-0.1, -0.05) is 24.3 Å². The number of nitrogens with one attached hydrogen (secondary N) is 1. The van der Waals surface area contributed by atoms with E-state index in [0.29, 0.717) is 17.7 Å². The minimum absolute atomic E-state index is 0.110. The summed E-state index contributed by atoms with van der Waals surface area (Å²) in [5.74, 6) is -1.57. The van der Waals surface area contributed by atoms with Gasteiger partial charge in [-0.25, -0.2) is 9.18 Å². The molecule has 1 aliphatic rings. The van der Waals surface area contributed by atoms with Crippen LogP contribution in [0.1, 0.15) is 33.1 Å². The van der Waals surface area contributed by atoms with Crippen molar-refractivity contribution in [1.29, 1.82) is 0 Å². The largest absolute Gasteiger partial charge is 0.478 e. The van der Waals surface area contributed by atoms with Crippen molar-refractivity contribution >= 4 is 28.9 Å². The molecule has 1 aliphatic heterocycles. The number of carbonyl (C=O) groups is 2. The van der Waals surface area contributed by atoms with Gasteiger partial charge in [0.1, 0.15) is 5.82 Å². The number of carbonyl (C=O) groups excluding carboxylic acids is 1. The normalized spacial score (nSPS) is 16.0. The van der Waals surface area contributed by atoms with Crippen molar-refractivity contribution in [1.82, 2.24) is 0 Å². The van der Waals surface area contributed by atoms with E-state index < -0.39 is 5.97 Å². The number of hydrogen-bond acceptors (Lipinski definition) is 3. The maximum atomic E-state index is 13.6. The number of carboxylic acids is 1. The summed E-state index contributed by atoms with van der Waals surface area (Å²) in [6, 6.07) is 12.9. The molecule has 1 amide bonds. The summed E-state index contributed by atoms with van der Waals surface area (Å²) >= 11 is 1.51.